The number of amides is 1. The van der Waals surface area contributed by atoms with Crippen molar-refractivity contribution in [2.24, 2.45) is 0 Å². The number of H-pyrrole nitrogens is 1. The lowest BCUT2D eigenvalue weighted by Crippen LogP contribution is -2.27. The van der Waals surface area contributed by atoms with Crippen LogP contribution in [0.2, 0.25) is 0 Å². The van der Waals surface area contributed by atoms with Crippen molar-refractivity contribution >= 4 is 16.8 Å². The molecule has 0 aliphatic heterocycles. The highest BCUT2D eigenvalue weighted by atomic mass is 16.5. The lowest BCUT2D eigenvalue weighted by molar-refractivity contribution is -0.121. The fourth-order valence-corrected chi connectivity index (χ4v) is 3.32. The van der Waals surface area contributed by atoms with Gasteiger partial charge in [0.2, 0.25) is 5.91 Å². The second-order valence-electron chi connectivity index (χ2n) is 6.95. The van der Waals surface area contributed by atoms with Crippen LogP contribution in [0.25, 0.3) is 10.9 Å². The maximum atomic E-state index is 12.4. The third-order valence-corrected chi connectivity index (χ3v) is 4.99. The van der Waals surface area contributed by atoms with Crippen molar-refractivity contribution in [3.8, 4) is 11.5 Å². The minimum Gasteiger partial charge on any atom is -0.497 e. The summed E-state index contributed by atoms with van der Waals surface area (Å²) in [5.41, 5.74) is 3.29. The molecule has 2 N–H and O–H groups in total. The Morgan fingerprint density at radius 1 is 1.07 bits per heavy atom. The second kappa shape index (κ2) is 9.28. The predicted octanol–water partition coefficient (Wildman–Crippen LogP) is 3.15. The van der Waals surface area contributed by atoms with Crippen LogP contribution in [0.4, 0.5) is 0 Å². The highest BCUT2D eigenvalue weighted by Gasteiger charge is 2.10. The van der Waals surface area contributed by atoms with Crippen molar-refractivity contribution in [1.29, 1.82) is 0 Å². The molecule has 6 nitrogen and oxygen atoms in total. The third kappa shape index (κ3) is 4.96. The molecule has 1 heterocycles. The standard InChI is InChI=1S/C23H26N2O4/c1-15-7-9-20(29-3)22-19(15)14-17(23(27)25-22)11-12-24-21(26)10-8-16-5-4-6-18(13-16)28-2/h4-7,9,13-14H,8,10-12H2,1-3H3,(H,24,26)(H,25,27). The summed E-state index contributed by atoms with van der Waals surface area (Å²) < 4.78 is 10.5. The van der Waals surface area contributed by atoms with Crippen molar-refractivity contribution in [1.82, 2.24) is 10.3 Å². The summed E-state index contributed by atoms with van der Waals surface area (Å²) in [5, 5.41) is 3.84. The molecule has 0 bridgehead atoms. The van der Waals surface area contributed by atoms with Crippen LogP contribution < -0.4 is 20.3 Å². The summed E-state index contributed by atoms with van der Waals surface area (Å²) in [6, 6.07) is 13.4. The van der Waals surface area contributed by atoms with Crippen LogP contribution in [0.15, 0.2) is 47.3 Å². The van der Waals surface area contributed by atoms with Crippen molar-refractivity contribution in [3.05, 3.63) is 69.5 Å². The molecule has 0 spiro atoms. The van der Waals surface area contributed by atoms with Gasteiger partial charge in [0.15, 0.2) is 0 Å². The summed E-state index contributed by atoms with van der Waals surface area (Å²) in [4.78, 5) is 27.5. The van der Waals surface area contributed by atoms with Gasteiger partial charge in [-0.3, -0.25) is 9.59 Å². The first-order valence-corrected chi connectivity index (χ1v) is 9.61. The zero-order valence-electron chi connectivity index (χ0n) is 17.0. The summed E-state index contributed by atoms with van der Waals surface area (Å²) in [6.07, 6.45) is 1.49. The summed E-state index contributed by atoms with van der Waals surface area (Å²) in [6.45, 7) is 2.40. The number of benzene rings is 2. The summed E-state index contributed by atoms with van der Waals surface area (Å²) in [5.74, 6) is 1.38. The number of pyridine rings is 1. The minimum atomic E-state index is -0.160. The predicted molar refractivity (Wildman–Crippen MR) is 114 cm³/mol. The molecule has 0 fully saturated rings. The van der Waals surface area contributed by atoms with Crippen LogP contribution in [0.3, 0.4) is 0 Å². The van der Waals surface area contributed by atoms with Gasteiger partial charge in [-0.1, -0.05) is 18.2 Å². The normalized spacial score (nSPS) is 10.7. The second-order valence-corrected chi connectivity index (χ2v) is 6.95. The van der Waals surface area contributed by atoms with Crippen LogP contribution in [-0.4, -0.2) is 31.7 Å². The quantitative estimate of drug-likeness (QED) is 0.615. The van der Waals surface area contributed by atoms with Gasteiger partial charge in [0.25, 0.3) is 5.56 Å². The summed E-state index contributed by atoms with van der Waals surface area (Å²) >= 11 is 0. The fourth-order valence-electron chi connectivity index (χ4n) is 3.32. The van der Waals surface area contributed by atoms with Crippen molar-refractivity contribution in [2.45, 2.75) is 26.2 Å². The molecule has 2 aromatic carbocycles. The first-order chi connectivity index (χ1) is 14.0. The smallest absolute Gasteiger partial charge is 0.251 e. The Bertz CT molecular complexity index is 1070. The zero-order valence-corrected chi connectivity index (χ0v) is 17.0. The molecule has 3 aromatic rings. The van der Waals surface area contributed by atoms with Gasteiger partial charge in [0.05, 0.1) is 19.7 Å². The number of nitrogens with one attached hydrogen (secondary N) is 2. The number of hydrogen-bond acceptors (Lipinski definition) is 4. The number of aromatic amines is 1. The van der Waals surface area contributed by atoms with E-state index >= 15 is 0 Å². The van der Waals surface area contributed by atoms with Gasteiger partial charge in [0, 0.05) is 23.9 Å². The number of fused-ring (bicyclic) bond motifs is 1. The number of aryl methyl sites for hydroxylation is 2. The Kier molecular flexibility index (Phi) is 6.54. The molecule has 6 heteroatoms. The average molecular weight is 394 g/mol. The molecule has 0 atom stereocenters. The topological polar surface area (TPSA) is 80.4 Å². The van der Waals surface area contributed by atoms with E-state index in [9.17, 15) is 9.59 Å². The maximum Gasteiger partial charge on any atom is 0.251 e. The molecule has 0 unspecified atom stereocenters. The maximum absolute atomic E-state index is 12.4. The van der Waals surface area contributed by atoms with E-state index in [1.807, 2.05) is 49.4 Å². The van der Waals surface area contributed by atoms with Crippen LogP contribution in [-0.2, 0) is 17.6 Å². The zero-order chi connectivity index (χ0) is 20.8. The molecule has 0 aliphatic carbocycles. The van der Waals surface area contributed by atoms with Crippen molar-refractivity contribution in [3.63, 3.8) is 0 Å². The lowest BCUT2D eigenvalue weighted by Gasteiger charge is -2.10. The van der Waals surface area contributed by atoms with Gasteiger partial charge in [0.1, 0.15) is 11.5 Å². The van der Waals surface area contributed by atoms with Crippen LogP contribution in [0, 0.1) is 6.92 Å². The molecule has 1 amide bonds. The molecule has 152 valence electrons. The summed E-state index contributed by atoms with van der Waals surface area (Å²) in [7, 11) is 3.20. The van der Waals surface area contributed by atoms with Gasteiger partial charge in [-0.25, -0.2) is 0 Å². The number of hydrogen-bond donors (Lipinski definition) is 2. The van der Waals surface area contributed by atoms with E-state index in [0.717, 1.165) is 22.3 Å². The molecule has 0 aliphatic rings. The van der Waals surface area contributed by atoms with Crippen LogP contribution in [0.5, 0.6) is 11.5 Å². The molecule has 0 radical (unpaired) electrons. The molecule has 1 aromatic heterocycles. The van der Waals surface area contributed by atoms with E-state index in [-0.39, 0.29) is 11.5 Å². The Morgan fingerprint density at radius 3 is 2.66 bits per heavy atom. The van der Waals surface area contributed by atoms with Gasteiger partial charge in [-0.15, -0.1) is 0 Å². The Hall–Kier alpha value is -3.28. The van der Waals surface area contributed by atoms with Crippen LogP contribution >= 0.6 is 0 Å². The molecule has 3 rings (SSSR count). The number of ether oxygens (including phenoxy) is 2. The largest absolute Gasteiger partial charge is 0.497 e. The third-order valence-electron chi connectivity index (χ3n) is 4.99. The van der Waals surface area contributed by atoms with Gasteiger partial charge < -0.3 is 19.8 Å². The highest BCUT2D eigenvalue weighted by Crippen LogP contribution is 2.25. The molecule has 0 saturated carbocycles. The Morgan fingerprint density at radius 2 is 1.90 bits per heavy atom. The molecule has 29 heavy (non-hydrogen) atoms. The Balaban J connectivity index is 1.59. The number of carbonyl (C=O) groups excluding carboxylic acids is 1. The van der Waals surface area contributed by atoms with E-state index < -0.39 is 0 Å². The number of methoxy groups -OCH3 is 2. The lowest BCUT2D eigenvalue weighted by atomic mass is 10.1. The SMILES string of the molecule is COc1cccc(CCC(=O)NCCc2cc3c(C)ccc(OC)c3[nH]c2=O)c1. The fraction of sp³-hybridized carbons (Fsp3) is 0.304. The van der Waals surface area contributed by atoms with E-state index in [2.05, 4.69) is 10.3 Å². The van der Waals surface area contributed by atoms with Gasteiger partial charge in [-0.2, -0.15) is 0 Å². The minimum absolute atomic E-state index is 0.0390. The average Bonchev–Trinajstić information content (AvgIpc) is 2.73. The van der Waals surface area contributed by atoms with Gasteiger partial charge in [-0.05, 0) is 55.2 Å². The monoisotopic (exact) mass is 394 g/mol. The van der Waals surface area contributed by atoms with E-state index in [4.69, 9.17) is 9.47 Å². The van der Waals surface area contributed by atoms with Gasteiger partial charge >= 0.3 is 0 Å². The van der Waals surface area contributed by atoms with E-state index in [1.54, 1.807) is 14.2 Å². The molecular weight excluding hydrogens is 368 g/mol. The van der Waals surface area contributed by atoms with Crippen molar-refractivity contribution in [2.75, 3.05) is 20.8 Å². The van der Waals surface area contributed by atoms with Crippen molar-refractivity contribution < 1.29 is 14.3 Å². The van der Waals surface area contributed by atoms with E-state index in [0.29, 0.717) is 42.6 Å². The van der Waals surface area contributed by atoms with Crippen LogP contribution in [0.1, 0.15) is 23.1 Å². The Labute approximate surface area is 169 Å². The van der Waals surface area contributed by atoms with E-state index in [1.165, 1.54) is 0 Å². The number of carbonyl (C=O) groups is 1. The molecular formula is C23H26N2O4. The first-order valence-electron chi connectivity index (χ1n) is 9.61. The first kappa shape index (κ1) is 20.5. The number of rotatable bonds is 8. The number of aromatic nitrogens is 1. The highest BCUT2D eigenvalue weighted by molar-refractivity contribution is 5.87. The molecule has 0 saturated heterocycles.